The minimum absolute atomic E-state index is 0.427. The number of nitrogens with zero attached hydrogens (tertiary/aromatic N) is 3. The minimum atomic E-state index is -5.08. The van der Waals surface area contributed by atoms with E-state index >= 15 is 0 Å². The van der Waals surface area contributed by atoms with Crippen molar-refractivity contribution in [2.24, 2.45) is 17.1 Å². The van der Waals surface area contributed by atoms with E-state index in [9.17, 15) is 13.2 Å². The fourth-order valence-corrected chi connectivity index (χ4v) is 5.08. The average Bonchev–Trinajstić information content (AvgIpc) is 3.19. The first-order chi connectivity index (χ1) is 15.2. The van der Waals surface area contributed by atoms with Crippen molar-refractivity contribution in [1.29, 1.82) is 0 Å². The molecule has 3 aliphatic carbocycles. The fraction of sp³-hybridized carbons (Fsp3) is 0.545. The number of carbonyl (C=O) groups is 1. The Morgan fingerprint density at radius 3 is 2.53 bits per heavy atom. The Kier molecular flexibility index (Phi) is 6.07. The molecule has 1 spiro atoms. The number of rotatable bonds is 4. The van der Waals surface area contributed by atoms with E-state index in [4.69, 9.17) is 25.6 Å². The molecular formula is C22H26F3N5O2. The molecule has 0 radical (unpaired) electrons. The van der Waals surface area contributed by atoms with Crippen LogP contribution in [0.15, 0.2) is 24.4 Å². The molecule has 32 heavy (non-hydrogen) atoms. The summed E-state index contributed by atoms with van der Waals surface area (Å²) in [6.07, 6.45) is 5.17. The third-order valence-corrected chi connectivity index (χ3v) is 6.98. The number of aromatic nitrogens is 3. The third kappa shape index (κ3) is 4.15. The summed E-state index contributed by atoms with van der Waals surface area (Å²) in [6, 6.07) is 6.43. The second-order valence-corrected chi connectivity index (χ2v) is 8.64. The van der Waals surface area contributed by atoms with Gasteiger partial charge in [0, 0.05) is 23.5 Å². The van der Waals surface area contributed by atoms with Crippen molar-refractivity contribution >= 4 is 11.8 Å². The SMILES string of the molecule is NCC1CC(Nc2nc(-c3ccccn3)nc3c2CCC3)C12CCC2.O=C(O)C(F)(F)F. The highest BCUT2D eigenvalue weighted by molar-refractivity contribution is 5.73. The van der Waals surface area contributed by atoms with Gasteiger partial charge in [0.05, 0.1) is 0 Å². The summed E-state index contributed by atoms with van der Waals surface area (Å²) >= 11 is 0. The van der Waals surface area contributed by atoms with Gasteiger partial charge < -0.3 is 16.2 Å². The van der Waals surface area contributed by atoms with Crippen LogP contribution in [0.3, 0.4) is 0 Å². The summed E-state index contributed by atoms with van der Waals surface area (Å²) in [6.45, 7) is 0.819. The van der Waals surface area contributed by atoms with Gasteiger partial charge in [0.1, 0.15) is 11.5 Å². The third-order valence-electron chi connectivity index (χ3n) is 6.98. The molecule has 5 rings (SSSR count). The normalized spacial score (nSPS) is 22.8. The maximum atomic E-state index is 10.6. The van der Waals surface area contributed by atoms with E-state index < -0.39 is 12.1 Å². The smallest absolute Gasteiger partial charge is 0.475 e. The summed E-state index contributed by atoms with van der Waals surface area (Å²) in [5.74, 6) is -0.271. The molecule has 0 aromatic carbocycles. The van der Waals surface area contributed by atoms with E-state index in [1.54, 1.807) is 6.20 Å². The molecule has 2 aromatic rings. The maximum absolute atomic E-state index is 10.6. The molecule has 10 heteroatoms. The molecule has 2 heterocycles. The zero-order valence-corrected chi connectivity index (χ0v) is 17.5. The van der Waals surface area contributed by atoms with Crippen LogP contribution in [0.25, 0.3) is 11.5 Å². The number of alkyl halides is 3. The van der Waals surface area contributed by atoms with Gasteiger partial charge in [0.15, 0.2) is 5.82 Å². The monoisotopic (exact) mass is 449 g/mol. The predicted octanol–water partition coefficient (Wildman–Crippen LogP) is 3.59. The van der Waals surface area contributed by atoms with Crippen LogP contribution in [0.4, 0.5) is 19.0 Å². The minimum Gasteiger partial charge on any atom is -0.475 e. The van der Waals surface area contributed by atoms with Crippen molar-refractivity contribution in [3.63, 3.8) is 0 Å². The van der Waals surface area contributed by atoms with Gasteiger partial charge in [-0.2, -0.15) is 13.2 Å². The average molecular weight is 449 g/mol. The van der Waals surface area contributed by atoms with Crippen LogP contribution < -0.4 is 11.1 Å². The number of anilines is 1. The van der Waals surface area contributed by atoms with Crippen LogP contribution in [-0.4, -0.2) is 44.8 Å². The van der Waals surface area contributed by atoms with E-state index in [0.717, 1.165) is 36.7 Å². The molecule has 2 atom stereocenters. The van der Waals surface area contributed by atoms with Gasteiger partial charge in [0.25, 0.3) is 0 Å². The highest BCUT2D eigenvalue weighted by atomic mass is 19.4. The van der Waals surface area contributed by atoms with E-state index in [1.165, 1.54) is 43.4 Å². The molecule has 7 nitrogen and oxygen atoms in total. The molecule has 0 bridgehead atoms. The standard InChI is InChI=1S/C20H25N5.C2HF3O2/c21-12-13-11-17(20(13)8-4-9-20)24-18-14-5-3-7-15(14)23-19(25-18)16-6-1-2-10-22-16;3-2(4,5)1(6)7/h1-2,6,10,13,17H,3-5,7-9,11-12,21H2,(H,23,24,25);(H,6,7). The van der Waals surface area contributed by atoms with Gasteiger partial charge in [-0.25, -0.2) is 14.8 Å². The summed E-state index contributed by atoms with van der Waals surface area (Å²) in [5.41, 5.74) is 9.81. The number of halogens is 3. The molecule has 4 N–H and O–H groups in total. The van der Waals surface area contributed by atoms with Crippen molar-refractivity contribution in [3.8, 4) is 11.5 Å². The van der Waals surface area contributed by atoms with Crippen LogP contribution in [0, 0.1) is 11.3 Å². The van der Waals surface area contributed by atoms with Crippen LogP contribution in [-0.2, 0) is 17.6 Å². The molecule has 3 aliphatic rings. The Balaban J connectivity index is 0.000000307. The second kappa shape index (κ2) is 8.65. The maximum Gasteiger partial charge on any atom is 0.490 e. The van der Waals surface area contributed by atoms with Gasteiger partial charge in [-0.15, -0.1) is 0 Å². The second-order valence-electron chi connectivity index (χ2n) is 8.64. The molecule has 2 saturated carbocycles. The van der Waals surface area contributed by atoms with Crippen molar-refractivity contribution in [2.75, 3.05) is 11.9 Å². The lowest BCUT2D eigenvalue weighted by molar-refractivity contribution is -0.192. The number of aliphatic carboxylic acids is 1. The van der Waals surface area contributed by atoms with Crippen LogP contribution >= 0.6 is 0 Å². The summed E-state index contributed by atoms with van der Waals surface area (Å²) in [5, 5.41) is 10.9. The predicted molar refractivity (Wildman–Crippen MR) is 112 cm³/mol. The molecule has 2 aromatic heterocycles. The summed E-state index contributed by atoms with van der Waals surface area (Å²) in [4.78, 5) is 23.0. The molecule has 0 aliphatic heterocycles. The van der Waals surface area contributed by atoms with Gasteiger partial charge in [-0.1, -0.05) is 12.5 Å². The number of carboxylic acid groups (broad SMARTS) is 1. The molecule has 172 valence electrons. The first-order valence-electron chi connectivity index (χ1n) is 10.8. The van der Waals surface area contributed by atoms with Crippen LogP contribution in [0.2, 0.25) is 0 Å². The first kappa shape index (κ1) is 22.4. The zero-order valence-electron chi connectivity index (χ0n) is 17.5. The van der Waals surface area contributed by atoms with Crippen molar-refractivity contribution in [2.45, 2.75) is 57.2 Å². The lowest BCUT2D eigenvalue weighted by Gasteiger charge is -2.62. The fourth-order valence-electron chi connectivity index (χ4n) is 5.08. The molecule has 0 amide bonds. The largest absolute Gasteiger partial charge is 0.490 e. The van der Waals surface area contributed by atoms with Crippen molar-refractivity contribution < 1.29 is 23.1 Å². The Labute approximate surface area is 183 Å². The molecule has 2 unspecified atom stereocenters. The molecule has 0 saturated heterocycles. The summed E-state index contributed by atoms with van der Waals surface area (Å²) < 4.78 is 31.7. The van der Waals surface area contributed by atoms with E-state index in [2.05, 4.69) is 10.3 Å². The number of hydrogen-bond acceptors (Lipinski definition) is 6. The highest BCUT2D eigenvalue weighted by Crippen LogP contribution is 2.60. The first-order valence-corrected chi connectivity index (χ1v) is 10.8. The topological polar surface area (TPSA) is 114 Å². The van der Waals surface area contributed by atoms with E-state index in [-0.39, 0.29) is 0 Å². The molecule has 2 fully saturated rings. The highest BCUT2D eigenvalue weighted by Gasteiger charge is 2.57. The Bertz CT molecular complexity index is 980. The van der Waals surface area contributed by atoms with Crippen LogP contribution in [0.1, 0.15) is 43.4 Å². The van der Waals surface area contributed by atoms with Gasteiger partial charge in [-0.05, 0) is 68.5 Å². The lowest BCUT2D eigenvalue weighted by atomic mass is 9.47. The quantitative estimate of drug-likeness (QED) is 0.654. The number of nitrogens with one attached hydrogen (secondary N) is 1. The number of hydrogen-bond donors (Lipinski definition) is 3. The van der Waals surface area contributed by atoms with E-state index in [1.807, 2.05) is 18.2 Å². The van der Waals surface area contributed by atoms with Crippen molar-refractivity contribution in [3.05, 3.63) is 35.7 Å². The molecular weight excluding hydrogens is 423 g/mol. The Morgan fingerprint density at radius 2 is 1.97 bits per heavy atom. The van der Waals surface area contributed by atoms with E-state index in [0.29, 0.717) is 17.4 Å². The number of nitrogens with two attached hydrogens (primary N) is 1. The zero-order chi connectivity index (χ0) is 22.9. The number of carboxylic acids is 1. The summed E-state index contributed by atoms with van der Waals surface area (Å²) in [7, 11) is 0. The number of aryl methyl sites for hydroxylation is 1. The Morgan fingerprint density at radius 1 is 1.22 bits per heavy atom. The number of fused-ring (bicyclic) bond motifs is 1. The van der Waals surface area contributed by atoms with Gasteiger partial charge in [0.2, 0.25) is 0 Å². The number of pyridine rings is 1. The van der Waals surface area contributed by atoms with Crippen molar-refractivity contribution in [1.82, 2.24) is 15.0 Å². The van der Waals surface area contributed by atoms with Gasteiger partial charge >= 0.3 is 12.1 Å². The van der Waals surface area contributed by atoms with Gasteiger partial charge in [-0.3, -0.25) is 4.98 Å². The lowest BCUT2D eigenvalue weighted by Crippen LogP contribution is -2.62. The van der Waals surface area contributed by atoms with Crippen LogP contribution in [0.5, 0.6) is 0 Å². The Hall–Kier alpha value is -2.75.